The molecule has 0 radical (unpaired) electrons. The number of anilines is 1. The van der Waals surface area contributed by atoms with Gasteiger partial charge in [0.05, 0.1) is 6.04 Å². The van der Waals surface area contributed by atoms with E-state index in [1.54, 1.807) is 0 Å². The molecule has 0 aromatic heterocycles. The highest BCUT2D eigenvalue weighted by Gasteiger charge is 2.21. The van der Waals surface area contributed by atoms with E-state index in [4.69, 9.17) is 0 Å². The highest BCUT2D eigenvalue weighted by Crippen LogP contribution is 2.28. The van der Waals surface area contributed by atoms with Gasteiger partial charge in [-0.25, -0.2) is 0 Å². The molecule has 0 saturated carbocycles. The first-order valence-corrected chi connectivity index (χ1v) is 6.41. The Morgan fingerprint density at radius 3 is 2.56 bits per heavy atom. The van der Waals surface area contributed by atoms with Crippen LogP contribution in [0.1, 0.15) is 17.2 Å². The van der Waals surface area contributed by atoms with Gasteiger partial charge in [0.15, 0.2) is 0 Å². The monoisotopic (exact) mass is 238 g/mol. The van der Waals surface area contributed by atoms with Crippen LogP contribution in [0, 0.1) is 0 Å². The number of para-hydroxylation sites is 1. The maximum atomic E-state index is 3.56. The minimum Gasteiger partial charge on any atom is -0.383 e. The third-order valence-electron chi connectivity index (χ3n) is 3.64. The predicted octanol–water partition coefficient (Wildman–Crippen LogP) is 3.29. The van der Waals surface area contributed by atoms with Crippen LogP contribution in [-0.4, -0.2) is 18.5 Å². The number of benzene rings is 2. The molecule has 0 saturated heterocycles. The van der Waals surface area contributed by atoms with Crippen LogP contribution >= 0.6 is 0 Å². The molecule has 2 heteroatoms. The lowest BCUT2D eigenvalue weighted by atomic mass is 10.1. The Morgan fingerprint density at radius 2 is 1.72 bits per heavy atom. The van der Waals surface area contributed by atoms with Crippen LogP contribution in [0.3, 0.4) is 0 Å². The van der Waals surface area contributed by atoms with Gasteiger partial charge >= 0.3 is 0 Å². The summed E-state index contributed by atoms with van der Waals surface area (Å²) in [7, 11) is 2.20. The van der Waals surface area contributed by atoms with Crippen LogP contribution in [0.15, 0.2) is 54.6 Å². The van der Waals surface area contributed by atoms with Crippen molar-refractivity contribution in [1.82, 2.24) is 4.90 Å². The van der Waals surface area contributed by atoms with Crippen LogP contribution in [-0.2, 0) is 6.54 Å². The molecule has 92 valence electrons. The van der Waals surface area contributed by atoms with Crippen molar-refractivity contribution < 1.29 is 0 Å². The number of nitrogens with one attached hydrogen (secondary N) is 1. The molecular weight excluding hydrogens is 220 g/mol. The molecule has 2 aromatic carbocycles. The quantitative estimate of drug-likeness (QED) is 0.820. The lowest BCUT2D eigenvalue weighted by Gasteiger charge is -2.25. The largest absolute Gasteiger partial charge is 0.383 e. The second-order valence-corrected chi connectivity index (χ2v) is 4.88. The Morgan fingerprint density at radius 1 is 1.00 bits per heavy atom. The zero-order chi connectivity index (χ0) is 12.4. The molecule has 18 heavy (non-hydrogen) atoms. The second-order valence-electron chi connectivity index (χ2n) is 4.88. The summed E-state index contributed by atoms with van der Waals surface area (Å²) in [4.78, 5) is 2.41. The molecule has 0 spiro atoms. The highest BCUT2D eigenvalue weighted by molar-refractivity contribution is 5.52. The fourth-order valence-electron chi connectivity index (χ4n) is 2.62. The maximum Gasteiger partial charge on any atom is 0.0521 e. The Labute approximate surface area is 108 Å². The molecule has 2 aromatic rings. The second kappa shape index (κ2) is 4.83. The Kier molecular flexibility index (Phi) is 3.03. The molecule has 0 unspecified atom stereocenters. The lowest BCUT2D eigenvalue weighted by Crippen LogP contribution is -2.26. The number of hydrogen-bond donors (Lipinski definition) is 1. The number of nitrogens with zero attached hydrogens (tertiary/aromatic N) is 1. The molecule has 1 atom stereocenters. The molecule has 1 aliphatic heterocycles. The van der Waals surface area contributed by atoms with Gasteiger partial charge < -0.3 is 5.32 Å². The summed E-state index contributed by atoms with van der Waals surface area (Å²) in [5.41, 5.74) is 4.02. The van der Waals surface area contributed by atoms with E-state index < -0.39 is 0 Å². The first kappa shape index (κ1) is 11.3. The van der Waals surface area contributed by atoms with Crippen molar-refractivity contribution in [3.05, 3.63) is 65.7 Å². The Hall–Kier alpha value is -1.80. The highest BCUT2D eigenvalue weighted by atomic mass is 15.2. The summed E-state index contributed by atoms with van der Waals surface area (Å²) in [5, 5.41) is 3.56. The molecule has 1 aliphatic rings. The minimum atomic E-state index is 0.429. The van der Waals surface area contributed by atoms with Crippen LogP contribution in [0.5, 0.6) is 0 Å². The maximum absolute atomic E-state index is 3.56. The van der Waals surface area contributed by atoms with E-state index in [-0.39, 0.29) is 0 Å². The molecular formula is C16H18N2. The van der Waals surface area contributed by atoms with Gasteiger partial charge in [-0.15, -0.1) is 0 Å². The number of hydrogen-bond acceptors (Lipinski definition) is 2. The van der Waals surface area contributed by atoms with E-state index in [0.29, 0.717) is 6.04 Å². The number of likely N-dealkylation sites (N-methyl/N-ethyl adjacent to an activating group) is 1. The summed E-state index contributed by atoms with van der Waals surface area (Å²) >= 11 is 0. The van der Waals surface area contributed by atoms with Crippen molar-refractivity contribution in [2.45, 2.75) is 12.6 Å². The first-order chi connectivity index (χ1) is 8.84. The minimum absolute atomic E-state index is 0.429. The fraction of sp³-hybridized carbons (Fsp3) is 0.250. The summed E-state index contributed by atoms with van der Waals surface area (Å²) in [6, 6.07) is 19.7. The van der Waals surface area contributed by atoms with Gasteiger partial charge in [-0.2, -0.15) is 0 Å². The van der Waals surface area contributed by atoms with Gasteiger partial charge in [0, 0.05) is 18.8 Å². The van der Waals surface area contributed by atoms with Crippen molar-refractivity contribution >= 4 is 5.69 Å². The SMILES string of the molecule is CN1Cc2ccccc2NC[C@@H]1c1ccccc1. The lowest BCUT2D eigenvalue weighted by molar-refractivity contribution is 0.252. The predicted molar refractivity (Wildman–Crippen MR) is 75.6 cm³/mol. The third kappa shape index (κ3) is 2.12. The molecule has 0 bridgehead atoms. The zero-order valence-corrected chi connectivity index (χ0v) is 10.6. The van der Waals surface area contributed by atoms with Crippen LogP contribution in [0.25, 0.3) is 0 Å². The van der Waals surface area contributed by atoms with Crippen molar-refractivity contribution in [1.29, 1.82) is 0 Å². The first-order valence-electron chi connectivity index (χ1n) is 6.41. The van der Waals surface area contributed by atoms with Gasteiger partial charge in [-0.1, -0.05) is 48.5 Å². The summed E-state index contributed by atoms with van der Waals surface area (Å²) < 4.78 is 0. The molecule has 1 heterocycles. The van der Waals surface area contributed by atoms with E-state index >= 15 is 0 Å². The summed E-state index contributed by atoms with van der Waals surface area (Å²) in [5.74, 6) is 0. The Bertz CT molecular complexity index is 522. The smallest absolute Gasteiger partial charge is 0.0521 e. The fourth-order valence-corrected chi connectivity index (χ4v) is 2.62. The third-order valence-corrected chi connectivity index (χ3v) is 3.64. The van der Waals surface area contributed by atoms with Crippen molar-refractivity contribution in [2.75, 3.05) is 18.9 Å². The van der Waals surface area contributed by atoms with E-state index in [9.17, 15) is 0 Å². The van der Waals surface area contributed by atoms with E-state index in [1.165, 1.54) is 16.8 Å². The standard InChI is InChI=1S/C16H18N2/c1-18-12-14-9-5-6-10-15(14)17-11-16(18)13-7-3-2-4-8-13/h2-10,16-17H,11-12H2,1H3/t16-/m1/s1. The molecule has 0 aliphatic carbocycles. The molecule has 2 nitrogen and oxygen atoms in total. The van der Waals surface area contributed by atoms with E-state index in [2.05, 4.69) is 71.9 Å². The van der Waals surface area contributed by atoms with E-state index in [1.807, 2.05) is 0 Å². The van der Waals surface area contributed by atoms with Gasteiger partial charge in [0.2, 0.25) is 0 Å². The van der Waals surface area contributed by atoms with Crippen LogP contribution < -0.4 is 5.32 Å². The normalized spacial score (nSPS) is 19.7. The molecule has 0 amide bonds. The van der Waals surface area contributed by atoms with Gasteiger partial charge in [0.25, 0.3) is 0 Å². The zero-order valence-electron chi connectivity index (χ0n) is 10.6. The van der Waals surface area contributed by atoms with Crippen molar-refractivity contribution in [3.63, 3.8) is 0 Å². The number of rotatable bonds is 1. The van der Waals surface area contributed by atoms with Crippen LogP contribution in [0.2, 0.25) is 0 Å². The molecule has 3 rings (SSSR count). The Balaban J connectivity index is 1.89. The molecule has 1 N–H and O–H groups in total. The van der Waals surface area contributed by atoms with Crippen molar-refractivity contribution in [3.8, 4) is 0 Å². The average Bonchev–Trinajstić information content (AvgIpc) is 2.58. The van der Waals surface area contributed by atoms with Crippen molar-refractivity contribution in [2.24, 2.45) is 0 Å². The molecule has 0 fully saturated rings. The average molecular weight is 238 g/mol. The topological polar surface area (TPSA) is 15.3 Å². The van der Waals surface area contributed by atoms with E-state index in [0.717, 1.165) is 13.1 Å². The summed E-state index contributed by atoms with van der Waals surface area (Å²) in [6.07, 6.45) is 0. The van der Waals surface area contributed by atoms with Crippen LogP contribution in [0.4, 0.5) is 5.69 Å². The van der Waals surface area contributed by atoms with Gasteiger partial charge in [-0.3, -0.25) is 4.90 Å². The van der Waals surface area contributed by atoms with Gasteiger partial charge in [0.1, 0.15) is 0 Å². The number of fused-ring (bicyclic) bond motifs is 1. The van der Waals surface area contributed by atoms with Gasteiger partial charge in [-0.05, 0) is 24.2 Å². The summed E-state index contributed by atoms with van der Waals surface area (Å²) in [6.45, 7) is 1.94.